The lowest BCUT2D eigenvalue weighted by atomic mass is 10.00. The molecule has 2 aromatic carbocycles. The van der Waals surface area contributed by atoms with Gasteiger partial charge in [-0.3, -0.25) is 0 Å². The van der Waals surface area contributed by atoms with Gasteiger partial charge in [-0.1, -0.05) is 18.2 Å². The third kappa shape index (κ3) is 2.48. The molecule has 0 radical (unpaired) electrons. The second kappa shape index (κ2) is 6.43. The van der Waals surface area contributed by atoms with Gasteiger partial charge in [0.05, 0.1) is 43.5 Å². The van der Waals surface area contributed by atoms with Gasteiger partial charge in [0.25, 0.3) is 11.4 Å². The molecule has 6 heteroatoms. The third-order valence-corrected chi connectivity index (χ3v) is 3.27. The Hall–Kier alpha value is -4.62. The zero-order valence-electron chi connectivity index (χ0n) is 12.0. The molecule has 0 fully saturated rings. The van der Waals surface area contributed by atoms with Crippen LogP contribution in [0.2, 0.25) is 0 Å². The van der Waals surface area contributed by atoms with Crippen molar-refractivity contribution in [2.75, 3.05) is 0 Å². The van der Waals surface area contributed by atoms with E-state index in [1.165, 1.54) is 24.3 Å². The fraction of sp³-hybridized carbons (Fsp3) is 0. The molecule has 6 nitrogen and oxygen atoms in total. The third-order valence-electron chi connectivity index (χ3n) is 3.27. The van der Waals surface area contributed by atoms with Crippen molar-refractivity contribution in [3.63, 3.8) is 0 Å². The molecule has 0 aliphatic heterocycles. The normalized spacial score (nSPS) is 11.6. The van der Waals surface area contributed by atoms with Crippen LogP contribution in [0.15, 0.2) is 24.3 Å². The highest BCUT2D eigenvalue weighted by Crippen LogP contribution is 2.25. The van der Waals surface area contributed by atoms with E-state index in [2.05, 4.69) is 14.5 Å². The smallest absolute Gasteiger partial charge is 0.238 e. The van der Waals surface area contributed by atoms with Gasteiger partial charge in [-0.2, -0.15) is 5.26 Å². The zero-order chi connectivity index (χ0) is 17.7. The molecule has 0 unspecified atom stereocenters. The predicted octanol–water partition coefficient (Wildman–Crippen LogP) is 2.36. The summed E-state index contributed by atoms with van der Waals surface area (Å²) in [7, 11) is 0. The second-order valence-electron chi connectivity index (χ2n) is 4.48. The van der Waals surface area contributed by atoms with Crippen LogP contribution in [0.25, 0.3) is 36.7 Å². The highest BCUT2D eigenvalue weighted by Gasteiger charge is 2.09. The molecule has 0 spiro atoms. The van der Waals surface area contributed by atoms with Crippen molar-refractivity contribution in [3.8, 4) is 18.2 Å². The molecule has 0 atom stereocenters. The van der Waals surface area contributed by atoms with E-state index in [4.69, 9.17) is 30.2 Å². The lowest BCUT2D eigenvalue weighted by Crippen LogP contribution is -2.08. The summed E-state index contributed by atoms with van der Waals surface area (Å²) in [6, 6.07) is 11.3. The van der Waals surface area contributed by atoms with E-state index < -0.39 is 0 Å². The van der Waals surface area contributed by atoms with E-state index in [9.17, 15) is 5.26 Å². The standard InChI is InChI=1S/C18H4N6/c1-22-16-7-12(18(10-21)24-3)5-14-13(8-19)4-11(6-15(14)16)17(9-20)23-2/h4-7H. The first-order chi connectivity index (χ1) is 11.6. The summed E-state index contributed by atoms with van der Waals surface area (Å²) < 4.78 is 0. The number of nitrogens with zero attached hydrogens (tertiary/aromatic N) is 6. The topological polar surface area (TPSA) is 84.4 Å². The Morgan fingerprint density at radius 3 is 1.79 bits per heavy atom. The lowest BCUT2D eigenvalue weighted by molar-refractivity contribution is 1.48. The van der Waals surface area contributed by atoms with Gasteiger partial charge in [-0.05, 0) is 27.3 Å². The number of rotatable bonds is 0. The molecule has 0 saturated heterocycles. The molecule has 24 heavy (non-hydrogen) atoms. The van der Waals surface area contributed by atoms with Crippen molar-refractivity contribution in [1.82, 2.24) is 0 Å². The molecular formula is C18H4N6. The van der Waals surface area contributed by atoms with E-state index in [1.54, 1.807) is 12.1 Å². The van der Waals surface area contributed by atoms with E-state index in [0.717, 1.165) is 0 Å². The number of hydrogen-bond acceptors (Lipinski definition) is 3. The molecule has 2 aromatic rings. The summed E-state index contributed by atoms with van der Waals surface area (Å²) in [5, 5.41) is 28.7. The monoisotopic (exact) mass is 304 g/mol. The fourth-order valence-electron chi connectivity index (χ4n) is 2.21. The van der Waals surface area contributed by atoms with Crippen LogP contribution >= 0.6 is 0 Å². The highest BCUT2D eigenvalue weighted by atomic mass is 14.7. The van der Waals surface area contributed by atoms with Crippen molar-refractivity contribution in [2.45, 2.75) is 0 Å². The number of fused-ring (bicyclic) bond motifs is 1. The van der Waals surface area contributed by atoms with Crippen LogP contribution in [-0.2, 0) is 0 Å². The Kier molecular flexibility index (Phi) is 4.22. The minimum absolute atomic E-state index is 0.138. The van der Waals surface area contributed by atoms with E-state index in [1.807, 2.05) is 6.07 Å². The predicted molar refractivity (Wildman–Crippen MR) is 85.4 cm³/mol. The summed E-state index contributed by atoms with van der Waals surface area (Å²) in [5.74, 6) is 0. The van der Waals surface area contributed by atoms with Crippen LogP contribution < -0.4 is 10.4 Å². The van der Waals surface area contributed by atoms with Crippen LogP contribution in [-0.4, -0.2) is 0 Å². The Morgan fingerprint density at radius 1 is 0.792 bits per heavy atom. The molecule has 0 aliphatic carbocycles. The molecule has 0 saturated carbocycles. The molecule has 0 heterocycles. The molecule has 0 N–H and O–H groups in total. The van der Waals surface area contributed by atoms with Gasteiger partial charge in [-0.25, -0.2) is 25.1 Å². The summed E-state index contributed by atoms with van der Waals surface area (Å²) in [6.07, 6.45) is 0. The Morgan fingerprint density at radius 2 is 1.33 bits per heavy atom. The molecule has 0 aliphatic rings. The molecule has 0 amide bonds. The van der Waals surface area contributed by atoms with Crippen LogP contribution in [0.1, 0.15) is 5.56 Å². The van der Waals surface area contributed by atoms with Crippen molar-refractivity contribution in [3.05, 3.63) is 74.5 Å². The van der Waals surface area contributed by atoms with Gasteiger partial charge in [0, 0.05) is 0 Å². The first kappa shape index (κ1) is 15.8. The molecule has 106 valence electrons. The second-order valence-corrected chi connectivity index (χ2v) is 4.48. The van der Waals surface area contributed by atoms with Gasteiger partial charge >= 0.3 is 0 Å². The maximum atomic E-state index is 9.37. The van der Waals surface area contributed by atoms with Crippen LogP contribution in [0, 0.1) is 53.7 Å². The van der Waals surface area contributed by atoms with Gasteiger partial charge in [0.15, 0.2) is 5.69 Å². The highest BCUT2D eigenvalue weighted by molar-refractivity contribution is 5.98. The first-order valence-electron chi connectivity index (χ1n) is 6.32. The minimum Gasteiger partial charge on any atom is -0.238 e. The number of nitriles is 3. The Bertz CT molecular complexity index is 1120. The van der Waals surface area contributed by atoms with Crippen molar-refractivity contribution in [1.29, 1.82) is 15.8 Å². The summed E-state index contributed by atoms with van der Waals surface area (Å²) >= 11 is 0. The molecule has 2 rings (SSSR count). The molecule has 0 bridgehead atoms. The maximum absolute atomic E-state index is 9.37. The Balaban J connectivity index is 3.22. The van der Waals surface area contributed by atoms with E-state index in [0.29, 0.717) is 10.8 Å². The average molecular weight is 304 g/mol. The molecule has 0 aromatic heterocycles. The van der Waals surface area contributed by atoms with E-state index in [-0.39, 0.29) is 33.1 Å². The summed E-state index contributed by atoms with van der Waals surface area (Å²) in [5.41, 5.74) is -0.0634. The van der Waals surface area contributed by atoms with E-state index >= 15 is 0 Å². The van der Waals surface area contributed by atoms with Crippen molar-refractivity contribution >= 4 is 27.9 Å². The minimum atomic E-state index is -0.182. The average Bonchev–Trinajstić information content (AvgIpc) is 2.62. The number of hydrogen-bond donors (Lipinski definition) is 0. The lowest BCUT2D eigenvalue weighted by Gasteiger charge is -2.04. The van der Waals surface area contributed by atoms with Gasteiger partial charge in [0.1, 0.15) is 0 Å². The first-order valence-corrected chi connectivity index (χ1v) is 6.32. The van der Waals surface area contributed by atoms with Gasteiger partial charge < -0.3 is 0 Å². The van der Waals surface area contributed by atoms with Gasteiger partial charge in [0.2, 0.25) is 0 Å². The van der Waals surface area contributed by atoms with Crippen LogP contribution in [0.5, 0.6) is 0 Å². The SMILES string of the molecule is [C-]#[N+]C(C#N)=c1cc([N+]#[C-])c2cc(=C(C#N)[N+]#[C-])cc(C#N)c2c1. The maximum Gasteiger partial charge on any atom is 0.268 e. The van der Waals surface area contributed by atoms with Crippen LogP contribution in [0.3, 0.4) is 0 Å². The summed E-state index contributed by atoms with van der Waals surface area (Å²) in [6.45, 7) is 21.4. The van der Waals surface area contributed by atoms with Crippen molar-refractivity contribution in [2.24, 2.45) is 0 Å². The van der Waals surface area contributed by atoms with Crippen LogP contribution in [0.4, 0.5) is 5.69 Å². The van der Waals surface area contributed by atoms with Crippen molar-refractivity contribution < 1.29 is 0 Å². The zero-order valence-corrected chi connectivity index (χ0v) is 12.0. The quantitative estimate of drug-likeness (QED) is 0.700. The van der Waals surface area contributed by atoms with Gasteiger partial charge in [-0.15, -0.1) is 0 Å². The largest absolute Gasteiger partial charge is 0.268 e. The molecular weight excluding hydrogens is 300 g/mol. The number of benzene rings is 2. The summed E-state index contributed by atoms with van der Waals surface area (Å²) in [4.78, 5) is 9.62. The fourth-order valence-corrected chi connectivity index (χ4v) is 2.21. The Labute approximate surface area is 137 Å².